The van der Waals surface area contributed by atoms with Crippen LogP contribution in [0.2, 0.25) is 0 Å². The Labute approximate surface area is 61.5 Å². The van der Waals surface area contributed by atoms with Gasteiger partial charge in [-0.05, 0) is 17.7 Å². The molecule has 0 aromatic rings. The highest BCUT2D eigenvalue weighted by Crippen LogP contribution is 2.21. The number of rotatable bonds is 2. The normalized spacial score (nSPS) is 15.9. The van der Waals surface area contributed by atoms with Gasteiger partial charge >= 0.3 is 0 Å². The third-order valence-corrected chi connectivity index (χ3v) is 4.14. The SMILES string of the molecule is CC(Br)SS(C)(=O)=O. The van der Waals surface area contributed by atoms with E-state index in [4.69, 9.17) is 0 Å². The molecule has 5 heteroatoms. The fourth-order valence-corrected chi connectivity index (χ4v) is 4.66. The van der Waals surface area contributed by atoms with Crippen molar-refractivity contribution in [2.45, 2.75) is 11.1 Å². The van der Waals surface area contributed by atoms with E-state index < -0.39 is 8.87 Å². The zero-order valence-corrected chi connectivity index (χ0v) is 7.81. The van der Waals surface area contributed by atoms with E-state index in [1.807, 2.05) is 0 Å². The first-order valence-corrected chi connectivity index (χ1v) is 6.14. The van der Waals surface area contributed by atoms with E-state index in [0.717, 1.165) is 10.8 Å². The van der Waals surface area contributed by atoms with Crippen LogP contribution in [0.25, 0.3) is 0 Å². The monoisotopic (exact) mass is 218 g/mol. The summed E-state index contributed by atoms with van der Waals surface area (Å²) in [6.45, 7) is 1.77. The highest BCUT2D eigenvalue weighted by Gasteiger charge is 2.05. The largest absolute Gasteiger partial charge is 0.218 e. The van der Waals surface area contributed by atoms with Crippen LogP contribution in [0.3, 0.4) is 0 Å². The number of hydrogen-bond donors (Lipinski definition) is 0. The standard InChI is InChI=1S/C3H7BrO2S2/c1-3(4)7-8(2,5)6/h3H,1-2H3. The van der Waals surface area contributed by atoms with Gasteiger partial charge < -0.3 is 0 Å². The smallest absolute Gasteiger partial charge is 0.199 e. The minimum absolute atomic E-state index is 0.0162. The van der Waals surface area contributed by atoms with Crippen molar-refractivity contribution in [3.63, 3.8) is 0 Å². The lowest BCUT2D eigenvalue weighted by Crippen LogP contribution is -1.92. The number of halogens is 1. The molecule has 0 heterocycles. The van der Waals surface area contributed by atoms with E-state index in [0.29, 0.717) is 0 Å². The Kier molecular flexibility index (Phi) is 3.38. The average Bonchev–Trinajstić information content (AvgIpc) is 1.21. The van der Waals surface area contributed by atoms with Crippen molar-refractivity contribution in [2.75, 3.05) is 6.26 Å². The molecule has 50 valence electrons. The van der Waals surface area contributed by atoms with Gasteiger partial charge in [0, 0.05) is 6.26 Å². The summed E-state index contributed by atoms with van der Waals surface area (Å²) in [5.41, 5.74) is 0. The van der Waals surface area contributed by atoms with E-state index in [2.05, 4.69) is 15.9 Å². The van der Waals surface area contributed by atoms with E-state index in [1.54, 1.807) is 6.92 Å². The molecule has 0 rings (SSSR count). The van der Waals surface area contributed by atoms with E-state index >= 15 is 0 Å². The fourth-order valence-electron chi connectivity index (χ4n) is 0.241. The van der Waals surface area contributed by atoms with Crippen molar-refractivity contribution in [3.05, 3.63) is 0 Å². The summed E-state index contributed by atoms with van der Waals surface area (Å²) in [6, 6.07) is 0. The van der Waals surface area contributed by atoms with Crippen molar-refractivity contribution in [1.29, 1.82) is 0 Å². The molecule has 0 aromatic heterocycles. The highest BCUT2D eigenvalue weighted by molar-refractivity contribution is 9.12. The van der Waals surface area contributed by atoms with Crippen molar-refractivity contribution in [2.24, 2.45) is 0 Å². The Morgan fingerprint density at radius 2 is 2.00 bits per heavy atom. The summed E-state index contributed by atoms with van der Waals surface area (Å²) in [4.78, 5) is 0. The minimum atomic E-state index is -2.85. The quantitative estimate of drug-likeness (QED) is 0.520. The summed E-state index contributed by atoms with van der Waals surface area (Å²) in [5, 5.41) is 0. The van der Waals surface area contributed by atoms with Gasteiger partial charge in [-0.25, -0.2) is 8.42 Å². The first-order chi connectivity index (χ1) is 3.42. The fraction of sp³-hybridized carbons (Fsp3) is 1.00. The molecule has 0 spiro atoms. The average molecular weight is 219 g/mol. The lowest BCUT2D eigenvalue weighted by Gasteiger charge is -1.96. The summed E-state index contributed by atoms with van der Waals surface area (Å²) in [7, 11) is -1.95. The lowest BCUT2D eigenvalue weighted by atomic mass is 11.0. The summed E-state index contributed by atoms with van der Waals surface area (Å²) in [5.74, 6) is 0. The molecule has 0 radical (unpaired) electrons. The molecule has 0 saturated heterocycles. The molecule has 8 heavy (non-hydrogen) atoms. The van der Waals surface area contributed by atoms with Crippen LogP contribution in [0.4, 0.5) is 0 Å². The van der Waals surface area contributed by atoms with Crippen LogP contribution < -0.4 is 0 Å². The van der Waals surface area contributed by atoms with Gasteiger partial charge in [0.1, 0.15) is 0 Å². The van der Waals surface area contributed by atoms with Crippen LogP contribution in [0, 0.1) is 0 Å². The van der Waals surface area contributed by atoms with Crippen LogP contribution in [0.1, 0.15) is 6.92 Å². The summed E-state index contributed by atoms with van der Waals surface area (Å²) < 4.78 is 20.7. The molecule has 0 amide bonds. The van der Waals surface area contributed by atoms with Gasteiger partial charge in [-0.1, -0.05) is 15.9 Å². The highest BCUT2D eigenvalue weighted by atomic mass is 79.9. The zero-order chi connectivity index (χ0) is 6.78. The molecular formula is C3H7BrO2S2. The Hall–Kier alpha value is 0.780. The van der Waals surface area contributed by atoms with Gasteiger partial charge in [0.05, 0.1) is 4.16 Å². The van der Waals surface area contributed by atoms with E-state index in [9.17, 15) is 8.42 Å². The molecule has 0 aromatic carbocycles. The Morgan fingerprint density at radius 3 is 2.00 bits per heavy atom. The molecule has 2 nitrogen and oxygen atoms in total. The van der Waals surface area contributed by atoms with Crippen molar-refractivity contribution >= 4 is 35.6 Å². The molecule has 0 N–H and O–H groups in total. The van der Waals surface area contributed by atoms with Gasteiger partial charge in [-0.2, -0.15) is 0 Å². The van der Waals surface area contributed by atoms with Gasteiger partial charge in [0.25, 0.3) is 0 Å². The molecule has 0 aliphatic rings. The van der Waals surface area contributed by atoms with Gasteiger partial charge in [-0.3, -0.25) is 0 Å². The molecular weight excluding hydrogens is 212 g/mol. The third-order valence-electron chi connectivity index (χ3n) is 0.307. The van der Waals surface area contributed by atoms with Crippen molar-refractivity contribution in [3.8, 4) is 0 Å². The van der Waals surface area contributed by atoms with Gasteiger partial charge in [-0.15, -0.1) is 0 Å². The second-order valence-electron chi connectivity index (χ2n) is 1.34. The van der Waals surface area contributed by atoms with E-state index in [1.165, 1.54) is 6.26 Å². The topological polar surface area (TPSA) is 34.1 Å². The zero-order valence-electron chi connectivity index (χ0n) is 4.59. The van der Waals surface area contributed by atoms with Crippen LogP contribution in [-0.4, -0.2) is 18.8 Å². The first kappa shape index (κ1) is 8.78. The predicted molar refractivity (Wildman–Crippen MR) is 40.8 cm³/mol. The Bertz CT molecular complexity index is 149. The van der Waals surface area contributed by atoms with Crippen molar-refractivity contribution < 1.29 is 8.42 Å². The lowest BCUT2D eigenvalue weighted by molar-refractivity contribution is 0.615. The van der Waals surface area contributed by atoms with Crippen LogP contribution in [-0.2, 0) is 8.87 Å². The predicted octanol–water partition coefficient (Wildman–Crippen LogP) is 1.42. The molecule has 0 bridgehead atoms. The van der Waals surface area contributed by atoms with E-state index in [-0.39, 0.29) is 4.16 Å². The van der Waals surface area contributed by atoms with Gasteiger partial charge in [0.15, 0.2) is 8.87 Å². The molecule has 0 fully saturated rings. The molecule has 1 atom stereocenters. The Balaban J connectivity index is 3.75. The number of alkyl halides is 1. The minimum Gasteiger partial charge on any atom is -0.218 e. The second-order valence-corrected chi connectivity index (χ2v) is 8.02. The first-order valence-electron chi connectivity index (χ1n) is 1.94. The maximum absolute atomic E-state index is 10.4. The third kappa shape index (κ3) is 6.78. The summed E-state index contributed by atoms with van der Waals surface area (Å²) >= 11 is 3.09. The van der Waals surface area contributed by atoms with Crippen LogP contribution in [0.15, 0.2) is 0 Å². The molecule has 1 unspecified atom stereocenters. The summed E-state index contributed by atoms with van der Waals surface area (Å²) in [6.07, 6.45) is 1.19. The van der Waals surface area contributed by atoms with Crippen LogP contribution >= 0.6 is 26.7 Å². The van der Waals surface area contributed by atoms with Crippen molar-refractivity contribution in [1.82, 2.24) is 0 Å². The second kappa shape index (κ2) is 3.08. The number of hydrogen-bond acceptors (Lipinski definition) is 3. The van der Waals surface area contributed by atoms with Gasteiger partial charge in [0.2, 0.25) is 0 Å². The Morgan fingerprint density at radius 1 is 1.62 bits per heavy atom. The molecule has 0 saturated carbocycles. The van der Waals surface area contributed by atoms with Crippen LogP contribution in [0.5, 0.6) is 0 Å². The molecule has 0 aliphatic heterocycles. The maximum atomic E-state index is 10.4. The molecule has 0 aliphatic carbocycles. The maximum Gasteiger partial charge on any atom is 0.199 e.